The van der Waals surface area contributed by atoms with Crippen LogP contribution in [0, 0.1) is 11.8 Å². The van der Waals surface area contributed by atoms with Gasteiger partial charge >= 0.3 is 12.1 Å². The standard InChI is InChI=1S/C15H25NO4/c1-14(2,3)20-13(19)16-9-10-7-5-6-8-11(10)15(16,4)12(17)18/h10-11H,5-9H2,1-4H3,(H,17,18). The van der Waals surface area contributed by atoms with Crippen LogP contribution in [0.5, 0.6) is 0 Å². The third kappa shape index (κ3) is 2.50. The van der Waals surface area contributed by atoms with Crippen molar-refractivity contribution in [2.24, 2.45) is 11.8 Å². The lowest BCUT2D eigenvalue weighted by molar-refractivity contribution is -0.151. The second-order valence-corrected chi connectivity index (χ2v) is 7.19. The quantitative estimate of drug-likeness (QED) is 0.803. The molecule has 0 spiro atoms. The van der Waals surface area contributed by atoms with Crippen LogP contribution in [-0.4, -0.2) is 39.8 Å². The summed E-state index contributed by atoms with van der Waals surface area (Å²) in [6.45, 7) is 7.57. The summed E-state index contributed by atoms with van der Waals surface area (Å²) in [5, 5.41) is 9.68. The van der Waals surface area contributed by atoms with Crippen molar-refractivity contribution in [3.8, 4) is 0 Å². The minimum absolute atomic E-state index is 0.0428. The molecule has 0 aromatic rings. The first-order chi connectivity index (χ1) is 9.16. The van der Waals surface area contributed by atoms with Crippen molar-refractivity contribution in [3.63, 3.8) is 0 Å². The molecule has 114 valence electrons. The van der Waals surface area contributed by atoms with Gasteiger partial charge in [-0.05, 0) is 52.4 Å². The molecule has 1 saturated carbocycles. The van der Waals surface area contributed by atoms with Crippen LogP contribution in [0.4, 0.5) is 4.79 Å². The molecular formula is C15H25NO4. The maximum Gasteiger partial charge on any atom is 0.411 e. The molecule has 0 bridgehead atoms. The van der Waals surface area contributed by atoms with Gasteiger partial charge in [0, 0.05) is 6.54 Å². The molecule has 3 atom stereocenters. The first-order valence-electron chi connectivity index (χ1n) is 7.40. The Labute approximate surface area is 120 Å². The van der Waals surface area contributed by atoms with Gasteiger partial charge in [0.25, 0.3) is 0 Å². The zero-order valence-electron chi connectivity index (χ0n) is 12.8. The molecule has 1 heterocycles. The molecule has 1 amide bonds. The van der Waals surface area contributed by atoms with E-state index in [-0.39, 0.29) is 11.8 Å². The van der Waals surface area contributed by atoms with Gasteiger partial charge in [-0.1, -0.05) is 12.8 Å². The molecule has 5 heteroatoms. The third-order valence-electron chi connectivity index (χ3n) is 4.66. The van der Waals surface area contributed by atoms with Crippen LogP contribution in [0.2, 0.25) is 0 Å². The van der Waals surface area contributed by atoms with Gasteiger partial charge in [0.15, 0.2) is 0 Å². The van der Waals surface area contributed by atoms with Gasteiger partial charge < -0.3 is 9.84 Å². The van der Waals surface area contributed by atoms with Crippen LogP contribution in [0.3, 0.4) is 0 Å². The fourth-order valence-corrected chi connectivity index (χ4v) is 3.65. The van der Waals surface area contributed by atoms with E-state index in [0.29, 0.717) is 6.54 Å². The van der Waals surface area contributed by atoms with Crippen LogP contribution < -0.4 is 0 Å². The number of ether oxygens (including phenoxy) is 1. The molecule has 0 aromatic heterocycles. The average molecular weight is 283 g/mol. The second-order valence-electron chi connectivity index (χ2n) is 7.19. The fourth-order valence-electron chi connectivity index (χ4n) is 3.65. The number of hydrogen-bond acceptors (Lipinski definition) is 3. The molecule has 2 fully saturated rings. The highest BCUT2D eigenvalue weighted by Crippen LogP contribution is 2.47. The highest BCUT2D eigenvalue weighted by Gasteiger charge is 2.58. The molecule has 1 aliphatic carbocycles. The zero-order valence-corrected chi connectivity index (χ0v) is 12.8. The second kappa shape index (κ2) is 4.93. The van der Waals surface area contributed by atoms with Crippen molar-refractivity contribution < 1.29 is 19.4 Å². The van der Waals surface area contributed by atoms with Crippen molar-refractivity contribution in [1.29, 1.82) is 0 Å². The Bertz CT molecular complexity index is 415. The highest BCUT2D eigenvalue weighted by atomic mass is 16.6. The van der Waals surface area contributed by atoms with E-state index in [1.807, 2.05) is 0 Å². The lowest BCUT2D eigenvalue weighted by Crippen LogP contribution is -2.55. The predicted octanol–water partition coefficient (Wildman–Crippen LogP) is 2.89. The lowest BCUT2D eigenvalue weighted by Gasteiger charge is -2.37. The summed E-state index contributed by atoms with van der Waals surface area (Å²) in [6, 6.07) is 0. The van der Waals surface area contributed by atoms with Crippen LogP contribution in [-0.2, 0) is 9.53 Å². The molecule has 2 aliphatic rings. The third-order valence-corrected chi connectivity index (χ3v) is 4.66. The van der Waals surface area contributed by atoms with Crippen molar-refractivity contribution in [1.82, 2.24) is 4.90 Å². The van der Waals surface area contributed by atoms with Gasteiger partial charge in [-0.25, -0.2) is 9.59 Å². The van der Waals surface area contributed by atoms with E-state index in [4.69, 9.17) is 4.74 Å². The number of amides is 1. The Hall–Kier alpha value is -1.26. The molecule has 20 heavy (non-hydrogen) atoms. The Balaban J connectivity index is 2.27. The molecule has 1 aliphatic heterocycles. The first-order valence-corrected chi connectivity index (χ1v) is 7.40. The van der Waals surface area contributed by atoms with E-state index >= 15 is 0 Å². The molecule has 1 N–H and O–H groups in total. The van der Waals surface area contributed by atoms with Gasteiger partial charge in [0.2, 0.25) is 0 Å². The summed E-state index contributed by atoms with van der Waals surface area (Å²) in [5.74, 6) is -0.587. The Morgan fingerprint density at radius 1 is 1.25 bits per heavy atom. The number of likely N-dealkylation sites (tertiary alicyclic amines) is 1. The number of carboxylic acids is 1. The number of carbonyl (C=O) groups is 2. The largest absolute Gasteiger partial charge is 0.479 e. The van der Waals surface area contributed by atoms with Crippen molar-refractivity contribution >= 4 is 12.1 Å². The summed E-state index contributed by atoms with van der Waals surface area (Å²) < 4.78 is 5.40. The number of carboxylic acid groups (broad SMARTS) is 1. The number of carbonyl (C=O) groups excluding carboxylic acids is 1. The number of nitrogens with zero attached hydrogens (tertiary/aromatic N) is 1. The van der Waals surface area contributed by atoms with Gasteiger partial charge in [-0.3, -0.25) is 4.90 Å². The topological polar surface area (TPSA) is 66.8 Å². The van der Waals surface area contributed by atoms with Crippen LogP contribution >= 0.6 is 0 Å². The Morgan fingerprint density at radius 2 is 1.85 bits per heavy atom. The normalized spacial score (nSPS) is 33.7. The van der Waals surface area contributed by atoms with E-state index < -0.39 is 23.2 Å². The number of fused-ring (bicyclic) bond motifs is 1. The van der Waals surface area contributed by atoms with Gasteiger partial charge in [0.1, 0.15) is 11.1 Å². The summed E-state index contributed by atoms with van der Waals surface area (Å²) in [4.78, 5) is 25.6. The smallest absolute Gasteiger partial charge is 0.411 e. The van der Waals surface area contributed by atoms with Gasteiger partial charge in [-0.15, -0.1) is 0 Å². The van der Waals surface area contributed by atoms with Crippen molar-refractivity contribution in [2.45, 2.75) is 64.5 Å². The van der Waals surface area contributed by atoms with Crippen molar-refractivity contribution in [3.05, 3.63) is 0 Å². The van der Waals surface area contributed by atoms with E-state index in [9.17, 15) is 14.7 Å². The Kier molecular flexibility index (Phi) is 3.73. The monoisotopic (exact) mass is 283 g/mol. The number of hydrogen-bond donors (Lipinski definition) is 1. The molecule has 0 aromatic carbocycles. The molecule has 3 unspecified atom stereocenters. The summed E-state index contributed by atoms with van der Waals surface area (Å²) in [6.07, 6.45) is 3.56. The van der Waals surface area contributed by atoms with Gasteiger partial charge in [0.05, 0.1) is 0 Å². The maximum atomic E-state index is 12.4. The van der Waals surface area contributed by atoms with E-state index in [1.54, 1.807) is 27.7 Å². The SMILES string of the molecule is CC(C)(C)OC(=O)N1CC2CCCCC2C1(C)C(=O)O. The average Bonchev–Trinajstić information content (AvgIpc) is 2.63. The summed E-state index contributed by atoms with van der Waals surface area (Å²) in [5.41, 5.74) is -1.74. The zero-order chi connectivity index (χ0) is 15.1. The van der Waals surface area contributed by atoms with Crippen molar-refractivity contribution in [2.75, 3.05) is 6.54 Å². The van der Waals surface area contributed by atoms with Crippen LogP contribution in [0.15, 0.2) is 0 Å². The molecule has 5 nitrogen and oxygen atoms in total. The highest BCUT2D eigenvalue weighted by molar-refractivity contribution is 5.85. The number of rotatable bonds is 1. The van der Waals surface area contributed by atoms with E-state index in [1.165, 1.54) is 4.90 Å². The first kappa shape index (κ1) is 15.1. The fraction of sp³-hybridized carbons (Fsp3) is 0.867. The van der Waals surface area contributed by atoms with Crippen LogP contribution in [0.25, 0.3) is 0 Å². The number of aliphatic carboxylic acids is 1. The minimum Gasteiger partial charge on any atom is -0.479 e. The molecular weight excluding hydrogens is 258 g/mol. The van der Waals surface area contributed by atoms with E-state index in [2.05, 4.69) is 0 Å². The van der Waals surface area contributed by atoms with Crippen LogP contribution in [0.1, 0.15) is 53.4 Å². The lowest BCUT2D eigenvalue weighted by atomic mass is 9.72. The summed E-state index contributed by atoms with van der Waals surface area (Å²) in [7, 11) is 0. The maximum absolute atomic E-state index is 12.4. The van der Waals surface area contributed by atoms with E-state index in [0.717, 1.165) is 25.7 Å². The Morgan fingerprint density at radius 3 is 2.40 bits per heavy atom. The summed E-state index contributed by atoms with van der Waals surface area (Å²) >= 11 is 0. The predicted molar refractivity (Wildman–Crippen MR) is 74.4 cm³/mol. The van der Waals surface area contributed by atoms with Gasteiger partial charge in [-0.2, -0.15) is 0 Å². The molecule has 1 saturated heterocycles. The minimum atomic E-state index is -1.13. The molecule has 2 rings (SSSR count). The molecule has 0 radical (unpaired) electrons.